The first-order valence-corrected chi connectivity index (χ1v) is 11.8. The molecule has 0 atom stereocenters. The molecule has 7 nitrogen and oxygen atoms in total. The Labute approximate surface area is 177 Å². The number of H-pyrrole nitrogens is 1. The van der Waals surface area contributed by atoms with E-state index >= 15 is 0 Å². The van der Waals surface area contributed by atoms with Crippen molar-refractivity contribution in [2.75, 3.05) is 0 Å². The molecule has 142 valence electrons. The number of halogens is 1. The van der Waals surface area contributed by atoms with Crippen LogP contribution >= 0.6 is 30.1 Å². The Kier molecular flexibility index (Phi) is 4.88. The first kappa shape index (κ1) is 18.9. The van der Waals surface area contributed by atoms with Gasteiger partial charge in [0.05, 0.1) is 16.1 Å². The highest BCUT2D eigenvalue weighted by atomic mass is 127. The number of nitro groups is 1. The summed E-state index contributed by atoms with van der Waals surface area (Å²) in [7, 11) is 3.45. The van der Waals surface area contributed by atoms with Crippen LogP contribution in [0.1, 0.15) is 11.3 Å². The number of aromatic amines is 1. The van der Waals surface area contributed by atoms with Gasteiger partial charge in [-0.25, -0.2) is 4.98 Å². The number of hydrogen-bond donors (Lipinski definition) is 1. The number of rotatable bonds is 4. The van der Waals surface area contributed by atoms with E-state index in [0.717, 1.165) is 49.6 Å². The van der Waals surface area contributed by atoms with E-state index in [1.807, 2.05) is 37.1 Å². The SMILES string of the molecule is Cc1c(-c2cnn(C)c2C)cnc2[nH]c(SI)c(-c3cccc([N+](=O)[O-])c3)c12. The van der Waals surface area contributed by atoms with Gasteiger partial charge in [-0.1, -0.05) is 12.1 Å². The molecular weight excluding hydrogens is 489 g/mol. The van der Waals surface area contributed by atoms with Crippen molar-refractivity contribution in [2.24, 2.45) is 7.05 Å². The summed E-state index contributed by atoms with van der Waals surface area (Å²) in [6.07, 6.45) is 3.70. The van der Waals surface area contributed by atoms with Crippen molar-refractivity contribution >= 4 is 46.9 Å². The first-order chi connectivity index (χ1) is 13.4. The fraction of sp³-hybridized carbons (Fsp3) is 0.158. The van der Waals surface area contributed by atoms with Gasteiger partial charge in [0.25, 0.3) is 5.69 Å². The van der Waals surface area contributed by atoms with Crippen LogP contribution in [0.3, 0.4) is 0 Å². The second kappa shape index (κ2) is 7.21. The van der Waals surface area contributed by atoms with Crippen LogP contribution in [-0.2, 0) is 7.05 Å². The average Bonchev–Trinajstić information content (AvgIpc) is 3.23. The van der Waals surface area contributed by atoms with Gasteiger partial charge in [-0.2, -0.15) is 5.10 Å². The van der Waals surface area contributed by atoms with Crippen LogP contribution in [0, 0.1) is 24.0 Å². The fourth-order valence-corrected chi connectivity index (χ4v) is 4.85. The third kappa shape index (κ3) is 2.98. The maximum Gasteiger partial charge on any atom is 0.270 e. The normalized spacial score (nSPS) is 11.3. The predicted molar refractivity (Wildman–Crippen MR) is 120 cm³/mol. The molecule has 0 aliphatic rings. The van der Waals surface area contributed by atoms with E-state index in [-0.39, 0.29) is 10.6 Å². The van der Waals surface area contributed by atoms with Crippen LogP contribution in [0.25, 0.3) is 33.3 Å². The van der Waals surface area contributed by atoms with Crippen LogP contribution in [0.15, 0.2) is 41.7 Å². The lowest BCUT2D eigenvalue weighted by molar-refractivity contribution is -0.384. The first-order valence-electron chi connectivity index (χ1n) is 8.46. The van der Waals surface area contributed by atoms with E-state index in [4.69, 9.17) is 0 Å². The summed E-state index contributed by atoms with van der Waals surface area (Å²) >= 11 is 2.21. The number of hydrogen-bond acceptors (Lipinski definition) is 5. The third-order valence-electron chi connectivity index (χ3n) is 5.00. The van der Waals surface area contributed by atoms with Gasteiger partial charge in [0.2, 0.25) is 0 Å². The zero-order chi connectivity index (χ0) is 20.0. The molecule has 0 saturated carbocycles. The molecule has 4 rings (SSSR count). The summed E-state index contributed by atoms with van der Waals surface area (Å²) in [4.78, 5) is 18.9. The number of nitro benzene ring substituents is 1. The Balaban J connectivity index is 2.03. The van der Waals surface area contributed by atoms with E-state index in [1.54, 1.807) is 12.1 Å². The zero-order valence-corrected chi connectivity index (χ0v) is 18.3. The molecule has 4 aromatic rings. The largest absolute Gasteiger partial charge is 0.333 e. The van der Waals surface area contributed by atoms with Gasteiger partial charge in [-0.05, 0) is 33.9 Å². The van der Waals surface area contributed by atoms with E-state index < -0.39 is 0 Å². The Bertz CT molecular complexity index is 1230. The highest BCUT2D eigenvalue weighted by molar-refractivity contribution is 14.2. The van der Waals surface area contributed by atoms with Crippen molar-refractivity contribution in [3.63, 3.8) is 0 Å². The number of fused-ring (bicyclic) bond motifs is 1. The van der Waals surface area contributed by atoms with Crippen molar-refractivity contribution in [1.29, 1.82) is 0 Å². The molecule has 0 unspecified atom stereocenters. The van der Waals surface area contributed by atoms with E-state index in [9.17, 15) is 10.1 Å². The molecule has 28 heavy (non-hydrogen) atoms. The van der Waals surface area contributed by atoms with Crippen LogP contribution in [0.4, 0.5) is 5.69 Å². The van der Waals surface area contributed by atoms with Gasteiger partial charge in [0.1, 0.15) is 5.65 Å². The maximum absolute atomic E-state index is 11.3. The summed E-state index contributed by atoms with van der Waals surface area (Å²) in [5, 5.41) is 17.5. The molecule has 0 aliphatic carbocycles. The molecule has 3 heterocycles. The van der Waals surface area contributed by atoms with Crippen LogP contribution in [-0.4, -0.2) is 24.7 Å². The standard InChI is InChI=1S/C19H16IN5O2S/c1-10-14(15-9-22-24(3)11(15)2)8-21-18-16(10)17(19(23-18)28-20)12-5-4-6-13(7-12)25(26)27/h4-9H,1-3H3,(H,21,23). The third-order valence-corrected chi connectivity index (χ3v) is 6.78. The van der Waals surface area contributed by atoms with E-state index in [0.29, 0.717) is 0 Å². The predicted octanol–water partition coefficient (Wildman–Crippen LogP) is 5.60. The van der Waals surface area contributed by atoms with Gasteiger partial charge in [-0.3, -0.25) is 14.8 Å². The molecule has 0 spiro atoms. The Morgan fingerprint density at radius 1 is 1.25 bits per heavy atom. The van der Waals surface area contributed by atoms with Gasteiger partial charge in [0, 0.05) is 74.4 Å². The minimum atomic E-state index is -0.370. The number of nitrogens with zero attached hydrogens (tertiary/aromatic N) is 4. The molecule has 3 aromatic heterocycles. The second-order valence-electron chi connectivity index (χ2n) is 6.50. The maximum atomic E-state index is 11.3. The van der Waals surface area contributed by atoms with Crippen LogP contribution < -0.4 is 0 Å². The monoisotopic (exact) mass is 505 g/mol. The Morgan fingerprint density at radius 3 is 2.68 bits per heavy atom. The molecule has 0 fully saturated rings. The summed E-state index contributed by atoms with van der Waals surface area (Å²) in [6, 6.07) is 6.73. The minimum Gasteiger partial charge on any atom is -0.333 e. The Hall–Kier alpha value is -2.40. The second-order valence-corrected chi connectivity index (χ2v) is 8.39. The highest BCUT2D eigenvalue weighted by Crippen LogP contribution is 2.43. The molecule has 0 saturated heterocycles. The topological polar surface area (TPSA) is 89.6 Å². The van der Waals surface area contributed by atoms with Crippen molar-refractivity contribution in [2.45, 2.75) is 18.9 Å². The van der Waals surface area contributed by atoms with Crippen molar-refractivity contribution in [3.05, 3.63) is 58.0 Å². The number of benzene rings is 1. The molecular formula is C19H16IN5O2S. The summed E-state index contributed by atoms with van der Waals surface area (Å²) in [5.74, 6) is 0. The lowest BCUT2D eigenvalue weighted by Gasteiger charge is -2.09. The highest BCUT2D eigenvalue weighted by Gasteiger charge is 2.21. The summed E-state index contributed by atoms with van der Waals surface area (Å²) < 4.78 is 1.84. The lowest BCUT2D eigenvalue weighted by Crippen LogP contribution is -1.94. The average molecular weight is 505 g/mol. The number of aromatic nitrogens is 4. The molecule has 0 bridgehead atoms. The van der Waals surface area contributed by atoms with Gasteiger partial charge in [0.15, 0.2) is 0 Å². The molecule has 9 heteroatoms. The number of non-ortho nitro benzene ring substituents is 1. The van der Waals surface area contributed by atoms with Crippen LogP contribution in [0.2, 0.25) is 0 Å². The Morgan fingerprint density at radius 2 is 2.04 bits per heavy atom. The van der Waals surface area contributed by atoms with Gasteiger partial charge >= 0.3 is 0 Å². The number of pyridine rings is 1. The van der Waals surface area contributed by atoms with Gasteiger partial charge in [-0.15, -0.1) is 0 Å². The number of aryl methyl sites for hydroxylation is 2. The molecule has 1 N–H and O–H groups in total. The molecule has 0 aliphatic heterocycles. The fourth-order valence-electron chi connectivity index (χ4n) is 3.43. The lowest BCUT2D eigenvalue weighted by atomic mass is 9.97. The summed E-state index contributed by atoms with van der Waals surface area (Å²) in [6.45, 7) is 4.08. The van der Waals surface area contributed by atoms with Crippen molar-refractivity contribution < 1.29 is 4.92 Å². The van der Waals surface area contributed by atoms with E-state index in [1.165, 1.54) is 15.0 Å². The number of nitrogens with one attached hydrogen (secondary N) is 1. The smallest absolute Gasteiger partial charge is 0.270 e. The van der Waals surface area contributed by atoms with E-state index in [2.05, 4.69) is 43.2 Å². The van der Waals surface area contributed by atoms with Gasteiger partial charge < -0.3 is 4.98 Å². The zero-order valence-electron chi connectivity index (χ0n) is 15.4. The summed E-state index contributed by atoms with van der Waals surface area (Å²) in [5.41, 5.74) is 6.73. The van der Waals surface area contributed by atoms with Crippen molar-refractivity contribution in [1.82, 2.24) is 19.7 Å². The molecule has 0 radical (unpaired) electrons. The quantitative estimate of drug-likeness (QED) is 0.222. The minimum absolute atomic E-state index is 0.0705. The molecule has 0 amide bonds. The van der Waals surface area contributed by atoms with Crippen molar-refractivity contribution in [3.8, 4) is 22.3 Å². The molecule has 1 aromatic carbocycles. The van der Waals surface area contributed by atoms with Crippen LogP contribution in [0.5, 0.6) is 0 Å².